The zero-order valence-corrected chi connectivity index (χ0v) is 30.4. The van der Waals surface area contributed by atoms with Gasteiger partial charge in [-0.1, -0.05) is 133 Å². The second kappa shape index (κ2) is 11.5. The van der Waals surface area contributed by atoms with Gasteiger partial charge in [0.2, 0.25) is 0 Å². The minimum absolute atomic E-state index is 0.665. The van der Waals surface area contributed by atoms with Crippen LogP contribution in [0.4, 0.5) is 0 Å². The van der Waals surface area contributed by atoms with Gasteiger partial charge in [0.05, 0.1) is 0 Å². The van der Waals surface area contributed by atoms with Gasteiger partial charge in [-0.25, -0.2) is 15.0 Å². The van der Waals surface area contributed by atoms with Gasteiger partial charge in [0, 0.05) is 57.0 Å². The first kappa shape index (κ1) is 30.0. The average molecular weight is 722 g/mol. The first-order chi connectivity index (χ1) is 26.8. The number of aromatic nitrogens is 3. The summed E-state index contributed by atoms with van der Waals surface area (Å²) < 4.78 is 4.94. The van der Waals surface area contributed by atoms with Gasteiger partial charge in [-0.05, 0) is 74.5 Å². The van der Waals surface area contributed by atoms with Crippen LogP contribution in [0, 0.1) is 0 Å². The van der Waals surface area contributed by atoms with E-state index >= 15 is 0 Å². The van der Waals surface area contributed by atoms with E-state index in [-0.39, 0.29) is 0 Å². The van der Waals surface area contributed by atoms with Gasteiger partial charge in [0.1, 0.15) is 0 Å². The van der Waals surface area contributed by atoms with Gasteiger partial charge in [-0.2, -0.15) is 0 Å². The van der Waals surface area contributed by atoms with Crippen LogP contribution in [0.15, 0.2) is 164 Å². The standard InChI is InChI=1S/C49H27N3S2/c1-2-11-28(12-3-1)47-50-48(37-18-9-21-42-45(37)36-15-6-7-20-40(36)53-42)52-49(51-47)38-19-10-22-43-46(38)39-27-29(23-26-41(39)54-43)30-24-25-35-32-14-5-4-13-31(32)34-17-8-16-33(30)44(34)35/h1-27H. The Morgan fingerprint density at radius 3 is 1.56 bits per heavy atom. The van der Waals surface area contributed by atoms with Crippen LogP contribution in [0.5, 0.6) is 0 Å². The molecule has 12 rings (SSSR count). The lowest BCUT2D eigenvalue weighted by Crippen LogP contribution is -2.00. The Bertz CT molecular complexity index is 3310. The summed E-state index contributed by atoms with van der Waals surface area (Å²) in [4.78, 5) is 15.7. The molecule has 11 aromatic rings. The minimum atomic E-state index is 0.665. The van der Waals surface area contributed by atoms with E-state index in [1.807, 2.05) is 40.9 Å². The molecule has 0 bridgehead atoms. The lowest BCUT2D eigenvalue weighted by atomic mass is 9.93. The zero-order valence-electron chi connectivity index (χ0n) is 28.7. The van der Waals surface area contributed by atoms with Crippen molar-refractivity contribution in [1.29, 1.82) is 0 Å². The van der Waals surface area contributed by atoms with Crippen LogP contribution in [-0.2, 0) is 0 Å². The van der Waals surface area contributed by atoms with Crippen LogP contribution in [-0.4, -0.2) is 15.0 Å². The summed E-state index contributed by atoms with van der Waals surface area (Å²) in [5, 5.41) is 7.42. The molecule has 0 saturated heterocycles. The van der Waals surface area contributed by atoms with E-state index in [4.69, 9.17) is 15.0 Å². The Morgan fingerprint density at radius 2 is 0.796 bits per heavy atom. The number of hydrogen-bond donors (Lipinski definition) is 0. The van der Waals surface area contributed by atoms with Gasteiger partial charge in [0.15, 0.2) is 17.5 Å². The smallest absolute Gasteiger partial charge is 0.164 e. The third kappa shape index (κ3) is 4.37. The lowest BCUT2D eigenvalue weighted by molar-refractivity contribution is 1.08. The molecule has 0 N–H and O–H groups in total. The zero-order chi connectivity index (χ0) is 35.3. The monoisotopic (exact) mass is 721 g/mol. The van der Waals surface area contributed by atoms with Gasteiger partial charge >= 0.3 is 0 Å². The minimum Gasteiger partial charge on any atom is -0.208 e. The Kier molecular flexibility index (Phi) is 6.38. The lowest BCUT2D eigenvalue weighted by Gasteiger charge is -2.11. The van der Waals surface area contributed by atoms with Crippen molar-refractivity contribution >= 4 is 73.8 Å². The summed E-state index contributed by atoms with van der Waals surface area (Å²) in [6.07, 6.45) is 0. The molecule has 3 aromatic heterocycles. The second-order valence-corrected chi connectivity index (χ2v) is 16.0. The highest BCUT2D eigenvalue weighted by atomic mass is 32.1. The van der Waals surface area contributed by atoms with E-state index in [0.717, 1.165) is 16.7 Å². The van der Waals surface area contributed by atoms with Crippen molar-refractivity contribution < 1.29 is 0 Å². The molecule has 3 nitrogen and oxygen atoms in total. The molecule has 250 valence electrons. The molecule has 0 atom stereocenters. The number of nitrogens with zero attached hydrogens (tertiary/aromatic N) is 3. The maximum Gasteiger partial charge on any atom is 0.164 e. The van der Waals surface area contributed by atoms with E-state index in [1.54, 1.807) is 0 Å². The first-order valence-corrected chi connectivity index (χ1v) is 19.7. The van der Waals surface area contributed by atoms with Crippen molar-refractivity contribution in [3.63, 3.8) is 0 Å². The molecule has 54 heavy (non-hydrogen) atoms. The van der Waals surface area contributed by atoms with E-state index in [2.05, 4.69) is 146 Å². The molecule has 5 heteroatoms. The van der Waals surface area contributed by atoms with Crippen LogP contribution in [0.25, 0.3) is 119 Å². The molecule has 0 spiro atoms. The summed E-state index contributed by atoms with van der Waals surface area (Å²) in [7, 11) is 0. The first-order valence-electron chi connectivity index (χ1n) is 18.1. The van der Waals surface area contributed by atoms with Gasteiger partial charge in [0.25, 0.3) is 0 Å². The third-order valence-corrected chi connectivity index (χ3v) is 13.2. The predicted molar refractivity (Wildman–Crippen MR) is 229 cm³/mol. The summed E-state index contributed by atoms with van der Waals surface area (Å²) >= 11 is 3.63. The van der Waals surface area contributed by atoms with Crippen LogP contribution in [0.3, 0.4) is 0 Å². The number of rotatable bonds is 4. The van der Waals surface area contributed by atoms with E-state index in [1.165, 1.54) is 84.5 Å². The van der Waals surface area contributed by atoms with Crippen molar-refractivity contribution in [3.8, 4) is 67.5 Å². The van der Waals surface area contributed by atoms with E-state index in [9.17, 15) is 0 Å². The summed E-state index contributed by atoms with van der Waals surface area (Å²) in [6, 6.07) is 58.9. The van der Waals surface area contributed by atoms with Crippen molar-refractivity contribution in [3.05, 3.63) is 164 Å². The molecule has 0 unspecified atom stereocenters. The topological polar surface area (TPSA) is 38.7 Å². The fourth-order valence-electron chi connectivity index (χ4n) is 8.54. The molecular formula is C49H27N3S2. The molecule has 3 heterocycles. The maximum atomic E-state index is 5.33. The average Bonchev–Trinajstić information content (AvgIpc) is 3.91. The van der Waals surface area contributed by atoms with Crippen molar-refractivity contribution in [2.45, 2.75) is 0 Å². The number of thiophene rings is 2. The summed E-state index contributed by atoms with van der Waals surface area (Å²) in [5.41, 5.74) is 10.7. The summed E-state index contributed by atoms with van der Waals surface area (Å²) in [5.74, 6) is 2.02. The van der Waals surface area contributed by atoms with Crippen LogP contribution in [0.2, 0.25) is 0 Å². The highest BCUT2D eigenvalue weighted by molar-refractivity contribution is 7.26. The fourth-order valence-corrected chi connectivity index (χ4v) is 10.8. The second-order valence-electron chi connectivity index (χ2n) is 13.9. The van der Waals surface area contributed by atoms with Gasteiger partial charge in [-0.15, -0.1) is 22.7 Å². The van der Waals surface area contributed by atoms with Crippen molar-refractivity contribution in [2.75, 3.05) is 0 Å². The molecule has 0 fully saturated rings. The highest BCUT2D eigenvalue weighted by Gasteiger charge is 2.23. The number of hydrogen-bond acceptors (Lipinski definition) is 5. The van der Waals surface area contributed by atoms with E-state index < -0.39 is 0 Å². The van der Waals surface area contributed by atoms with Crippen LogP contribution < -0.4 is 0 Å². The van der Waals surface area contributed by atoms with Crippen molar-refractivity contribution in [2.24, 2.45) is 0 Å². The molecule has 8 aromatic carbocycles. The third-order valence-electron chi connectivity index (χ3n) is 10.9. The normalized spacial score (nSPS) is 12.1. The Morgan fingerprint density at radius 1 is 0.278 bits per heavy atom. The molecule has 0 amide bonds. The van der Waals surface area contributed by atoms with Gasteiger partial charge in [-0.3, -0.25) is 0 Å². The number of benzene rings is 8. The quantitative estimate of drug-likeness (QED) is 0.182. The maximum absolute atomic E-state index is 5.33. The Labute approximate surface area is 318 Å². The van der Waals surface area contributed by atoms with Gasteiger partial charge < -0.3 is 0 Å². The molecule has 0 aliphatic heterocycles. The Balaban J connectivity index is 1.09. The van der Waals surface area contributed by atoms with Crippen LogP contribution in [0.1, 0.15) is 0 Å². The molecule has 0 radical (unpaired) electrons. The van der Waals surface area contributed by atoms with Crippen LogP contribution >= 0.6 is 22.7 Å². The molecule has 1 aliphatic carbocycles. The van der Waals surface area contributed by atoms with E-state index in [0.29, 0.717) is 17.5 Å². The highest BCUT2D eigenvalue weighted by Crippen LogP contribution is 2.50. The number of fused-ring (bicyclic) bond motifs is 9. The predicted octanol–water partition coefficient (Wildman–Crippen LogP) is 14.1. The SMILES string of the molecule is c1ccc(-c2nc(-c3cccc4sc5ccccc5c34)nc(-c3cccc4sc5ccc(-c6ccc7c8c(cccc68)-c6ccccc6-7)cc5c34)n2)cc1. The molecular weight excluding hydrogens is 695 g/mol. The largest absolute Gasteiger partial charge is 0.208 e. The molecule has 1 aliphatic rings. The fraction of sp³-hybridized carbons (Fsp3) is 0. The molecule has 0 saturated carbocycles. The van der Waals surface area contributed by atoms with Crippen molar-refractivity contribution in [1.82, 2.24) is 15.0 Å². The Hall–Kier alpha value is -6.53. The summed E-state index contributed by atoms with van der Waals surface area (Å²) in [6.45, 7) is 0.